The third kappa shape index (κ3) is 4.78. The Morgan fingerprint density at radius 2 is 1.67 bits per heavy atom. The van der Waals surface area contributed by atoms with E-state index in [0.29, 0.717) is 38.8 Å². The minimum atomic E-state index is -1.00. The molecule has 0 atom stereocenters. The summed E-state index contributed by atoms with van der Waals surface area (Å²) in [5, 5.41) is 4.26. The molecule has 7 heteroatoms. The Morgan fingerprint density at radius 1 is 0.976 bits per heavy atom. The van der Waals surface area contributed by atoms with Gasteiger partial charge in [-0.3, -0.25) is 4.79 Å². The number of hydrogen-bond acceptors (Lipinski definition) is 5. The van der Waals surface area contributed by atoms with E-state index in [1.807, 2.05) is 0 Å². The van der Waals surface area contributed by atoms with Crippen molar-refractivity contribution in [1.82, 2.24) is 10.1 Å². The molecule has 42 heavy (non-hydrogen) atoms. The molecule has 6 saturated carbocycles. The lowest BCUT2D eigenvalue weighted by atomic mass is 9.41. The second kappa shape index (κ2) is 10.0. The van der Waals surface area contributed by atoms with Gasteiger partial charge in [0.25, 0.3) is 0 Å². The third-order valence-corrected chi connectivity index (χ3v) is 11.0. The first-order valence-electron chi connectivity index (χ1n) is 15.7. The number of nitrogens with zero attached hydrogens (tertiary/aromatic N) is 3. The standard InChI is InChI=1S/C35H42FN3O3/c1-24(2)30-37-31(42-38-30)34-14-11-32(12-15-34,13-16-34)23-39(29(40)18-33-20-35(36,21-33)22-33)28-6-4-5-27(17-28)26-9-7-25(8-10-26)19-41-3/h4-10,17,24H,11-16,18-23H2,1-3H3. The molecule has 0 spiro atoms. The molecule has 1 heterocycles. The fraction of sp³-hybridized carbons (Fsp3) is 0.571. The highest BCUT2D eigenvalue weighted by Crippen LogP contribution is 2.71. The van der Waals surface area contributed by atoms with Gasteiger partial charge < -0.3 is 14.2 Å². The molecule has 6 aliphatic carbocycles. The van der Waals surface area contributed by atoms with E-state index in [0.717, 1.165) is 72.6 Å². The molecule has 0 aliphatic heterocycles. The summed E-state index contributed by atoms with van der Waals surface area (Å²) >= 11 is 0. The van der Waals surface area contributed by atoms with E-state index in [9.17, 15) is 9.18 Å². The van der Waals surface area contributed by atoms with Crippen LogP contribution in [0.25, 0.3) is 11.1 Å². The van der Waals surface area contributed by atoms with Gasteiger partial charge in [-0.25, -0.2) is 4.39 Å². The van der Waals surface area contributed by atoms with Crippen LogP contribution in [0, 0.1) is 10.8 Å². The molecule has 3 aromatic rings. The maximum absolute atomic E-state index is 14.4. The first-order valence-corrected chi connectivity index (χ1v) is 15.7. The molecule has 0 N–H and O–H groups in total. The predicted molar refractivity (Wildman–Crippen MR) is 160 cm³/mol. The highest BCUT2D eigenvalue weighted by molar-refractivity contribution is 5.95. The second-order valence-electron chi connectivity index (χ2n) is 14.4. The molecular formula is C35H42FN3O3. The zero-order chi connectivity index (χ0) is 29.2. The molecule has 6 nitrogen and oxygen atoms in total. The van der Waals surface area contributed by atoms with Crippen LogP contribution in [0.1, 0.15) is 101 Å². The van der Waals surface area contributed by atoms with E-state index < -0.39 is 5.67 Å². The van der Waals surface area contributed by atoms with Gasteiger partial charge in [0.2, 0.25) is 11.8 Å². The van der Waals surface area contributed by atoms with Crippen molar-refractivity contribution in [2.45, 2.75) is 102 Å². The summed E-state index contributed by atoms with van der Waals surface area (Å²) in [4.78, 5) is 21.0. The van der Waals surface area contributed by atoms with Crippen LogP contribution >= 0.6 is 0 Å². The number of benzene rings is 2. The summed E-state index contributed by atoms with van der Waals surface area (Å²) in [5.74, 6) is 1.98. The zero-order valence-electron chi connectivity index (χ0n) is 25.1. The van der Waals surface area contributed by atoms with E-state index in [1.54, 1.807) is 7.11 Å². The van der Waals surface area contributed by atoms with Gasteiger partial charge in [0.1, 0.15) is 5.67 Å². The van der Waals surface area contributed by atoms with Crippen molar-refractivity contribution in [3.63, 3.8) is 0 Å². The van der Waals surface area contributed by atoms with Crippen molar-refractivity contribution in [3.05, 3.63) is 65.8 Å². The Morgan fingerprint density at radius 3 is 2.26 bits per heavy atom. The number of carbonyl (C=O) groups excluding carboxylic acids is 1. The maximum atomic E-state index is 14.4. The van der Waals surface area contributed by atoms with Gasteiger partial charge in [0, 0.05) is 37.1 Å². The Balaban J connectivity index is 1.13. The zero-order valence-corrected chi connectivity index (χ0v) is 25.1. The van der Waals surface area contributed by atoms with Crippen molar-refractivity contribution in [2.75, 3.05) is 18.6 Å². The van der Waals surface area contributed by atoms with Crippen molar-refractivity contribution in [1.29, 1.82) is 0 Å². The van der Waals surface area contributed by atoms with Gasteiger partial charge in [0.05, 0.1) is 6.61 Å². The number of ether oxygens (including phenoxy) is 1. The fourth-order valence-corrected chi connectivity index (χ4v) is 8.44. The Hall–Kier alpha value is -3.06. The van der Waals surface area contributed by atoms with Crippen LogP contribution < -0.4 is 4.90 Å². The molecule has 0 saturated heterocycles. The molecule has 0 unspecified atom stereocenters. The van der Waals surface area contributed by atoms with Crippen molar-refractivity contribution < 1.29 is 18.4 Å². The van der Waals surface area contributed by atoms with Gasteiger partial charge in [-0.1, -0.05) is 55.4 Å². The number of alkyl halides is 1. The van der Waals surface area contributed by atoms with Gasteiger partial charge in [0.15, 0.2) is 5.82 Å². The normalized spacial score (nSPS) is 31.1. The Bertz CT molecular complexity index is 1430. The summed E-state index contributed by atoms with van der Waals surface area (Å²) in [7, 11) is 1.70. The lowest BCUT2D eigenvalue weighted by Gasteiger charge is -2.66. The fourth-order valence-electron chi connectivity index (χ4n) is 8.44. The quantitative estimate of drug-likeness (QED) is 0.247. The van der Waals surface area contributed by atoms with Crippen LogP contribution in [0.5, 0.6) is 0 Å². The molecule has 6 aliphatic rings. The molecular weight excluding hydrogens is 529 g/mol. The monoisotopic (exact) mass is 571 g/mol. The lowest BCUT2D eigenvalue weighted by Crippen LogP contribution is -2.65. The summed E-state index contributed by atoms with van der Waals surface area (Å²) in [6.45, 7) is 5.47. The topological polar surface area (TPSA) is 68.5 Å². The van der Waals surface area contributed by atoms with Crippen LogP contribution in [0.2, 0.25) is 0 Å². The average molecular weight is 572 g/mol. The van der Waals surface area contributed by atoms with Crippen LogP contribution in [0.3, 0.4) is 0 Å². The summed E-state index contributed by atoms with van der Waals surface area (Å²) in [6.07, 6.45) is 8.22. The summed E-state index contributed by atoms with van der Waals surface area (Å²) < 4.78 is 25.4. The molecule has 4 bridgehead atoms. The van der Waals surface area contributed by atoms with Crippen LogP contribution in [-0.4, -0.2) is 35.4 Å². The smallest absolute Gasteiger partial charge is 0.232 e. The van der Waals surface area contributed by atoms with Crippen molar-refractivity contribution in [2.24, 2.45) is 10.8 Å². The van der Waals surface area contributed by atoms with E-state index in [2.05, 4.69) is 72.4 Å². The van der Waals surface area contributed by atoms with Crippen LogP contribution in [0.4, 0.5) is 10.1 Å². The largest absolute Gasteiger partial charge is 0.380 e. The minimum absolute atomic E-state index is 0.0348. The number of methoxy groups -OCH3 is 1. The summed E-state index contributed by atoms with van der Waals surface area (Å²) in [6, 6.07) is 16.8. The predicted octanol–water partition coefficient (Wildman–Crippen LogP) is 7.91. The van der Waals surface area contributed by atoms with Gasteiger partial charge in [-0.2, -0.15) is 4.98 Å². The van der Waals surface area contributed by atoms with Crippen LogP contribution in [-0.2, 0) is 21.6 Å². The van der Waals surface area contributed by atoms with Crippen molar-refractivity contribution >= 4 is 11.6 Å². The van der Waals surface area contributed by atoms with Gasteiger partial charge in [-0.15, -0.1) is 0 Å². The molecule has 1 amide bonds. The molecule has 6 fully saturated rings. The lowest BCUT2D eigenvalue weighted by molar-refractivity contribution is -0.215. The number of aromatic nitrogens is 2. The Labute approximate surface area is 248 Å². The molecule has 222 valence electrons. The molecule has 0 radical (unpaired) electrons. The number of carbonyl (C=O) groups is 1. The molecule has 1 aromatic heterocycles. The van der Waals surface area contributed by atoms with Gasteiger partial charge >= 0.3 is 0 Å². The maximum Gasteiger partial charge on any atom is 0.232 e. The first kappa shape index (κ1) is 27.8. The van der Waals surface area contributed by atoms with Crippen LogP contribution in [0.15, 0.2) is 53.1 Å². The third-order valence-electron chi connectivity index (χ3n) is 11.0. The van der Waals surface area contributed by atoms with Crippen molar-refractivity contribution in [3.8, 4) is 11.1 Å². The van der Waals surface area contributed by atoms with E-state index in [1.165, 1.54) is 0 Å². The molecule has 9 rings (SSSR count). The van der Waals surface area contributed by atoms with Gasteiger partial charge in [-0.05, 0) is 97.4 Å². The average Bonchev–Trinajstić information content (AvgIpc) is 3.48. The SMILES string of the molecule is COCc1ccc(-c2cccc(N(CC34CCC(c5nc(C(C)C)no5)(CC3)CC4)C(=O)CC34CC(F)(C3)C4)c2)cc1. The second-order valence-corrected chi connectivity index (χ2v) is 14.4. The van der Waals surface area contributed by atoms with E-state index in [-0.39, 0.29) is 28.1 Å². The summed E-state index contributed by atoms with van der Waals surface area (Å²) in [5.41, 5.74) is 3.17. The van der Waals surface area contributed by atoms with E-state index in [4.69, 9.17) is 14.2 Å². The van der Waals surface area contributed by atoms with E-state index >= 15 is 0 Å². The minimum Gasteiger partial charge on any atom is -0.380 e. The first-order chi connectivity index (χ1) is 20.1. The Kier molecular flexibility index (Phi) is 6.61. The molecule has 2 aromatic carbocycles. The highest BCUT2D eigenvalue weighted by Gasteiger charge is 2.69. The number of rotatable bonds is 10. The number of amides is 1. The number of halogens is 1. The number of hydrogen-bond donors (Lipinski definition) is 0. The highest BCUT2D eigenvalue weighted by atomic mass is 19.1. The number of fused-ring (bicyclic) bond motifs is 3. The number of anilines is 1.